The first kappa shape index (κ1) is 20.6. The zero-order chi connectivity index (χ0) is 19.7. The number of alkyl halides is 3. The number of nitrogens with one attached hydrogen (secondary N) is 2. The second-order valence-corrected chi connectivity index (χ2v) is 8.40. The number of halogens is 4. The Morgan fingerprint density at radius 1 is 1.31 bits per heavy atom. The molecule has 2 N–H and O–H groups in total. The number of rotatable bonds is 4. The average molecular weight is 407 g/mol. The van der Waals surface area contributed by atoms with E-state index in [4.69, 9.17) is 11.6 Å². The van der Waals surface area contributed by atoms with Gasteiger partial charge in [0.1, 0.15) is 5.82 Å². The summed E-state index contributed by atoms with van der Waals surface area (Å²) in [6.07, 6.45) is -4.63. The quantitative estimate of drug-likeness (QED) is 0.709. The molecule has 1 aromatic carbocycles. The van der Waals surface area contributed by atoms with E-state index in [1.807, 2.05) is 20.8 Å². The van der Waals surface area contributed by atoms with Gasteiger partial charge in [-0.3, -0.25) is 9.89 Å². The molecule has 0 aliphatic rings. The van der Waals surface area contributed by atoms with Crippen molar-refractivity contribution in [2.24, 2.45) is 0 Å². The summed E-state index contributed by atoms with van der Waals surface area (Å²) in [5, 5.41) is 8.72. The molecule has 0 saturated heterocycles. The van der Waals surface area contributed by atoms with Gasteiger partial charge in [0.05, 0.1) is 16.5 Å². The maximum Gasteiger partial charge on any atom is 0.418 e. The second-order valence-electron chi connectivity index (χ2n) is 6.65. The van der Waals surface area contributed by atoms with E-state index in [0.717, 1.165) is 23.9 Å². The van der Waals surface area contributed by atoms with E-state index in [1.54, 1.807) is 6.92 Å². The predicted octanol–water partition coefficient (Wildman–Crippen LogP) is 4.89. The van der Waals surface area contributed by atoms with Crippen molar-refractivity contribution in [2.75, 3.05) is 5.32 Å². The molecule has 10 heteroatoms. The third kappa shape index (κ3) is 5.14. The molecule has 0 aliphatic carbocycles. The van der Waals surface area contributed by atoms with Gasteiger partial charge in [-0.25, -0.2) is 4.98 Å². The van der Waals surface area contributed by atoms with Gasteiger partial charge in [-0.2, -0.15) is 13.2 Å². The summed E-state index contributed by atoms with van der Waals surface area (Å²) in [6, 6.07) is 3.19. The number of nitrogens with zero attached hydrogens (tertiary/aromatic N) is 2. The summed E-state index contributed by atoms with van der Waals surface area (Å²) in [6.45, 7) is 7.43. The zero-order valence-corrected chi connectivity index (χ0v) is 16.1. The summed E-state index contributed by atoms with van der Waals surface area (Å²) in [5.41, 5.74) is -1.57. The summed E-state index contributed by atoms with van der Waals surface area (Å²) in [7, 11) is 0. The lowest BCUT2D eigenvalue weighted by Crippen LogP contribution is -2.24. The van der Waals surface area contributed by atoms with Crippen molar-refractivity contribution in [1.29, 1.82) is 0 Å². The Kier molecular flexibility index (Phi) is 5.92. The maximum atomic E-state index is 13.1. The van der Waals surface area contributed by atoms with Crippen LogP contribution in [0.4, 0.5) is 18.9 Å². The van der Waals surface area contributed by atoms with E-state index in [2.05, 4.69) is 20.5 Å². The molecule has 1 heterocycles. The molecule has 26 heavy (non-hydrogen) atoms. The minimum atomic E-state index is -4.63. The molecule has 1 amide bonds. The normalized spacial score (nSPS) is 13.5. The highest BCUT2D eigenvalue weighted by atomic mass is 35.5. The van der Waals surface area contributed by atoms with Gasteiger partial charge in [0.25, 0.3) is 0 Å². The molecule has 1 atom stereocenters. The Hall–Kier alpha value is -1.74. The van der Waals surface area contributed by atoms with Gasteiger partial charge in [0, 0.05) is 10.4 Å². The summed E-state index contributed by atoms with van der Waals surface area (Å²) < 4.78 is 39.3. The number of carbonyl (C=O) groups excluding carboxylic acids is 1. The van der Waals surface area contributed by atoms with Gasteiger partial charge < -0.3 is 5.32 Å². The predicted molar refractivity (Wildman–Crippen MR) is 95.5 cm³/mol. The van der Waals surface area contributed by atoms with Crippen LogP contribution in [0, 0.1) is 0 Å². The van der Waals surface area contributed by atoms with Crippen molar-refractivity contribution in [1.82, 2.24) is 15.2 Å². The van der Waals surface area contributed by atoms with E-state index < -0.39 is 22.9 Å². The van der Waals surface area contributed by atoms with Crippen molar-refractivity contribution in [3.05, 3.63) is 34.6 Å². The van der Waals surface area contributed by atoms with E-state index in [9.17, 15) is 18.0 Å². The van der Waals surface area contributed by atoms with Crippen LogP contribution in [0.15, 0.2) is 23.4 Å². The molecule has 142 valence electrons. The number of aromatic amines is 1. The standard InChI is InChI=1S/C16H18ClF3N4OS/c1-8(26-14-22-13(23-24-14)15(2,3)4)12(25)21-11-6-5-9(17)7-10(11)16(18,19)20/h5-8H,1-4H3,(H,21,25)(H,22,23,24). The lowest BCUT2D eigenvalue weighted by Gasteiger charge is -2.16. The monoisotopic (exact) mass is 406 g/mol. The molecule has 0 fully saturated rings. The molecular formula is C16H18ClF3N4OS. The summed E-state index contributed by atoms with van der Waals surface area (Å²) in [4.78, 5) is 16.6. The Morgan fingerprint density at radius 3 is 2.50 bits per heavy atom. The Morgan fingerprint density at radius 2 is 1.96 bits per heavy atom. The molecule has 0 saturated carbocycles. The van der Waals surface area contributed by atoms with Crippen LogP contribution < -0.4 is 5.32 Å². The van der Waals surface area contributed by atoms with Crippen molar-refractivity contribution in [2.45, 2.75) is 49.7 Å². The van der Waals surface area contributed by atoms with Gasteiger partial charge in [-0.05, 0) is 25.1 Å². The van der Waals surface area contributed by atoms with Crippen molar-refractivity contribution in [3.63, 3.8) is 0 Å². The average Bonchev–Trinajstić information content (AvgIpc) is 2.96. The molecule has 1 aromatic heterocycles. The van der Waals surface area contributed by atoms with Crippen LogP contribution in [0.1, 0.15) is 39.1 Å². The SMILES string of the molecule is CC(Sc1n[nH]c(C(C)(C)C)n1)C(=O)Nc1ccc(Cl)cc1C(F)(F)F. The number of aromatic nitrogens is 3. The molecule has 0 aliphatic heterocycles. The minimum absolute atomic E-state index is 0.0619. The lowest BCUT2D eigenvalue weighted by atomic mass is 9.96. The second kappa shape index (κ2) is 7.48. The first-order chi connectivity index (χ1) is 11.9. The molecule has 2 aromatic rings. The lowest BCUT2D eigenvalue weighted by molar-refractivity contribution is -0.137. The van der Waals surface area contributed by atoms with Crippen LogP contribution in [0.25, 0.3) is 0 Å². The van der Waals surface area contributed by atoms with Crippen molar-refractivity contribution >= 4 is 35.0 Å². The number of carbonyl (C=O) groups is 1. The molecule has 0 bridgehead atoms. The van der Waals surface area contributed by atoms with Crippen molar-refractivity contribution in [3.8, 4) is 0 Å². The van der Waals surface area contributed by atoms with Gasteiger partial charge >= 0.3 is 6.18 Å². The van der Waals surface area contributed by atoms with E-state index >= 15 is 0 Å². The van der Waals surface area contributed by atoms with Gasteiger partial charge in [-0.1, -0.05) is 44.1 Å². The smallest absolute Gasteiger partial charge is 0.325 e. The highest BCUT2D eigenvalue weighted by molar-refractivity contribution is 8.00. The molecule has 0 spiro atoms. The number of hydrogen-bond acceptors (Lipinski definition) is 4. The fourth-order valence-corrected chi connectivity index (χ4v) is 2.84. The first-order valence-electron chi connectivity index (χ1n) is 7.65. The molecule has 2 rings (SSSR count). The third-order valence-electron chi connectivity index (χ3n) is 3.37. The number of benzene rings is 1. The van der Waals surface area contributed by atoms with Crippen LogP contribution in [0.2, 0.25) is 5.02 Å². The van der Waals surface area contributed by atoms with E-state index in [0.29, 0.717) is 11.0 Å². The molecule has 5 nitrogen and oxygen atoms in total. The molecule has 0 radical (unpaired) electrons. The van der Waals surface area contributed by atoms with Crippen LogP contribution in [0.3, 0.4) is 0 Å². The number of H-pyrrole nitrogens is 1. The number of hydrogen-bond donors (Lipinski definition) is 2. The Balaban J connectivity index is 2.12. The van der Waals surface area contributed by atoms with Crippen LogP contribution >= 0.6 is 23.4 Å². The highest BCUT2D eigenvalue weighted by Gasteiger charge is 2.34. The van der Waals surface area contributed by atoms with Crippen LogP contribution in [-0.4, -0.2) is 26.3 Å². The third-order valence-corrected chi connectivity index (χ3v) is 4.57. The van der Waals surface area contributed by atoms with Crippen molar-refractivity contribution < 1.29 is 18.0 Å². The molecular weight excluding hydrogens is 389 g/mol. The van der Waals surface area contributed by atoms with Gasteiger partial charge in [0.2, 0.25) is 11.1 Å². The Labute approximate surface area is 158 Å². The first-order valence-corrected chi connectivity index (χ1v) is 8.91. The summed E-state index contributed by atoms with van der Waals surface area (Å²) >= 11 is 6.68. The number of amides is 1. The topological polar surface area (TPSA) is 70.7 Å². The maximum absolute atomic E-state index is 13.1. The van der Waals surface area contributed by atoms with Crippen LogP contribution in [-0.2, 0) is 16.4 Å². The fraction of sp³-hybridized carbons (Fsp3) is 0.438. The van der Waals surface area contributed by atoms with E-state index in [1.165, 1.54) is 6.07 Å². The zero-order valence-electron chi connectivity index (χ0n) is 14.5. The van der Waals surface area contributed by atoms with Gasteiger partial charge in [0.15, 0.2) is 0 Å². The van der Waals surface area contributed by atoms with Gasteiger partial charge in [-0.15, -0.1) is 5.10 Å². The fourth-order valence-electron chi connectivity index (χ4n) is 1.94. The number of thioether (sulfide) groups is 1. The summed E-state index contributed by atoms with van der Waals surface area (Å²) in [5.74, 6) is 0.0644. The largest absolute Gasteiger partial charge is 0.418 e. The van der Waals surface area contributed by atoms with Crippen LogP contribution in [0.5, 0.6) is 0 Å². The van der Waals surface area contributed by atoms with E-state index in [-0.39, 0.29) is 16.1 Å². The number of anilines is 1. The molecule has 1 unspecified atom stereocenters. The highest BCUT2D eigenvalue weighted by Crippen LogP contribution is 2.37. The minimum Gasteiger partial charge on any atom is -0.325 e. The Bertz CT molecular complexity index is 802.